The van der Waals surface area contributed by atoms with Gasteiger partial charge in [-0.1, -0.05) is 37.5 Å². The molecule has 8 heteroatoms. The van der Waals surface area contributed by atoms with Gasteiger partial charge in [0.05, 0.1) is 18.6 Å². The zero-order valence-electron chi connectivity index (χ0n) is 18.5. The number of para-hydroxylation sites is 1. The third kappa shape index (κ3) is 6.36. The van der Waals surface area contributed by atoms with Crippen LogP contribution < -0.4 is 15.4 Å². The van der Waals surface area contributed by atoms with Crippen LogP contribution in [0.5, 0.6) is 5.75 Å². The molecule has 2 amide bonds. The first kappa shape index (κ1) is 23.3. The van der Waals surface area contributed by atoms with Gasteiger partial charge in [0, 0.05) is 27.4 Å². The van der Waals surface area contributed by atoms with Crippen molar-refractivity contribution < 1.29 is 14.3 Å². The van der Waals surface area contributed by atoms with Gasteiger partial charge in [0.2, 0.25) is 11.8 Å². The summed E-state index contributed by atoms with van der Waals surface area (Å²) in [5.41, 5.74) is 2.43. The molecule has 4 rings (SSSR count). The Morgan fingerprint density at radius 2 is 1.91 bits per heavy atom. The van der Waals surface area contributed by atoms with Gasteiger partial charge < -0.3 is 15.4 Å². The van der Waals surface area contributed by atoms with Crippen LogP contribution in [0.3, 0.4) is 0 Å². The lowest BCUT2D eigenvalue weighted by molar-refractivity contribution is -0.120. The van der Waals surface area contributed by atoms with Crippen LogP contribution in [-0.2, 0) is 9.59 Å². The maximum atomic E-state index is 12.5. The highest BCUT2D eigenvalue weighted by atomic mass is 32.2. The fraction of sp³-hybridized carbons (Fsp3) is 0.320. The summed E-state index contributed by atoms with van der Waals surface area (Å²) < 4.78 is 5.39. The van der Waals surface area contributed by atoms with Crippen molar-refractivity contribution in [2.75, 3.05) is 23.5 Å². The van der Waals surface area contributed by atoms with E-state index in [-0.39, 0.29) is 23.5 Å². The van der Waals surface area contributed by atoms with Crippen LogP contribution in [-0.4, -0.2) is 29.7 Å². The van der Waals surface area contributed by atoms with E-state index in [9.17, 15) is 9.59 Å². The molecule has 1 heterocycles. The standard InChI is InChI=1S/C25H27N3O3S2/c1-31-22-13-6-5-12-20(22)21-15-33-25(27-21)28-23(29)16-32-19-11-7-10-18(14-19)26-24(30)17-8-3-2-4-9-17/h5-7,10-15,17H,2-4,8-9,16H2,1H3,(H,26,30)(H,27,28,29). The summed E-state index contributed by atoms with van der Waals surface area (Å²) in [6.45, 7) is 0. The third-order valence-electron chi connectivity index (χ3n) is 5.58. The molecule has 172 valence electrons. The first-order valence-corrected chi connectivity index (χ1v) is 12.9. The van der Waals surface area contributed by atoms with Gasteiger partial charge in [-0.3, -0.25) is 9.59 Å². The smallest absolute Gasteiger partial charge is 0.236 e. The maximum absolute atomic E-state index is 12.5. The zero-order valence-corrected chi connectivity index (χ0v) is 20.1. The Morgan fingerprint density at radius 1 is 1.09 bits per heavy atom. The second-order valence-electron chi connectivity index (χ2n) is 7.93. The summed E-state index contributed by atoms with van der Waals surface area (Å²) in [7, 11) is 1.63. The molecule has 0 aliphatic heterocycles. The molecule has 1 aliphatic carbocycles. The summed E-state index contributed by atoms with van der Waals surface area (Å²) in [5.74, 6) is 1.08. The van der Waals surface area contributed by atoms with E-state index in [4.69, 9.17) is 4.74 Å². The van der Waals surface area contributed by atoms with Crippen LogP contribution in [0.1, 0.15) is 32.1 Å². The van der Waals surface area contributed by atoms with E-state index in [0.717, 1.165) is 53.3 Å². The first-order valence-electron chi connectivity index (χ1n) is 11.0. The number of nitrogens with one attached hydrogen (secondary N) is 2. The fourth-order valence-electron chi connectivity index (χ4n) is 3.89. The van der Waals surface area contributed by atoms with Crippen molar-refractivity contribution in [2.24, 2.45) is 5.92 Å². The van der Waals surface area contributed by atoms with Gasteiger partial charge in [-0.25, -0.2) is 4.98 Å². The molecule has 33 heavy (non-hydrogen) atoms. The van der Waals surface area contributed by atoms with Crippen molar-refractivity contribution in [2.45, 2.75) is 37.0 Å². The van der Waals surface area contributed by atoms with Gasteiger partial charge in [-0.05, 0) is 43.2 Å². The van der Waals surface area contributed by atoms with Crippen molar-refractivity contribution in [3.05, 3.63) is 53.9 Å². The van der Waals surface area contributed by atoms with Gasteiger partial charge in [0.1, 0.15) is 5.75 Å². The van der Waals surface area contributed by atoms with E-state index in [1.165, 1.54) is 29.5 Å². The number of hydrogen-bond donors (Lipinski definition) is 2. The van der Waals surface area contributed by atoms with Crippen LogP contribution in [0, 0.1) is 5.92 Å². The SMILES string of the molecule is COc1ccccc1-c1csc(NC(=O)CSc2cccc(NC(=O)C3CCCCC3)c2)n1. The predicted octanol–water partition coefficient (Wildman–Crippen LogP) is 6.07. The van der Waals surface area contributed by atoms with Gasteiger partial charge >= 0.3 is 0 Å². The van der Waals surface area contributed by atoms with Crippen molar-refractivity contribution >= 4 is 45.7 Å². The number of amides is 2. The molecule has 0 unspecified atom stereocenters. The lowest BCUT2D eigenvalue weighted by atomic mass is 9.88. The Hall–Kier alpha value is -2.84. The third-order valence-corrected chi connectivity index (χ3v) is 7.33. The van der Waals surface area contributed by atoms with Crippen LogP contribution >= 0.6 is 23.1 Å². The summed E-state index contributed by atoms with van der Waals surface area (Å²) in [5, 5.41) is 8.36. The predicted molar refractivity (Wildman–Crippen MR) is 135 cm³/mol. The van der Waals surface area contributed by atoms with Crippen LogP contribution in [0.2, 0.25) is 0 Å². The Morgan fingerprint density at radius 3 is 2.73 bits per heavy atom. The van der Waals surface area contributed by atoms with Crippen molar-refractivity contribution in [1.82, 2.24) is 4.98 Å². The number of ether oxygens (including phenoxy) is 1. The molecule has 3 aromatic rings. The molecule has 1 aliphatic rings. The molecule has 0 atom stereocenters. The number of carbonyl (C=O) groups is 2. The molecule has 0 saturated heterocycles. The second-order valence-corrected chi connectivity index (χ2v) is 9.83. The zero-order chi connectivity index (χ0) is 23.0. The highest BCUT2D eigenvalue weighted by Crippen LogP contribution is 2.32. The van der Waals surface area contributed by atoms with Gasteiger partial charge in [0.25, 0.3) is 0 Å². The van der Waals surface area contributed by atoms with Crippen LogP contribution in [0.4, 0.5) is 10.8 Å². The Kier molecular flexibility index (Phi) is 8.01. The summed E-state index contributed by atoms with van der Waals surface area (Å²) in [6.07, 6.45) is 5.41. The largest absolute Gasteiger partial charge is 0.496 e. The molecule has 6 nitrogen and oxygen atoms in total. The van der Waals surface area contributed by atoms with Crippen molar-refractivity contribution in [3.63, 3.8) is 0 Å². The number of thiazole rings is 1. The molecule has 1 saturated carbocycles. The van der Waals surface area contributed by atoms with Gasteiger partial charge in [0.15, 0.2) is 5.13 Å². The molecule has 2 aromatic carbocycles. The quantitative estimate of drug-likeness (QED) is 0.382. The number of benzene rings is 2. The van der Waals surface area contributed by atoms with Gasteiger partial charge in [-0.15, -0.1) is 23.1 Å². The summed E-state index contributed by atoms with van der Waals surface area (Å²) in [6, 6.07) is 15.3. The Balaban J connectivity index is 1.30. The molecular formula is C25H27N3O3S2. The number of nitrogens with zero attached hydrogens (tertiary/aromatic N) is 1. The average molecular weight is 482 g/mol. The van der Waals surface area contributed by atoms with E-state index >= 15 is 0 Å². The fourth-order valence-corrected chi connectivity index (χ4v) is 5.37. The van der Waals surface area contributed by atoms with E-state index in [0.29, 0.717) is 5.13 Å². The van der Waals surface area contributed by atoms with Crippen molar-refractivity contribution in [3.8, 4) is 17.0 Å². The van der Waals surface area contributed by atoms with Crippen LogP contribution in [0.25, 0.3) is 11.3 Å². The molecule has 1 fully saturated rings. The summed E-state index contributed by atoms with van der Waals surface area (Å²) >= 11 is 2.81. The highest BCUT2D eigenvalue weighted by molar-refractivity contribution is 8.00. The lowest BCUT2D eigenvalue weighted by Crippen LogP contribution is -2.24. The van der Waals surface area contributed by atoms with E-state index < -0.39 is 0 Å². The van der Waals surface area contributed by atoms with Crippen LogP contribution in [0.15, 0.2) is 58.8 Å². The molecule has 0 radical (unpaired) electrons. The van der Waals surface area contributed by atoms with E-state index in [1.54, 1.807) is 7.11 Å². The second kappa shape index (κ2) is 11.3. The van der Waals surface area contributed by atoms with E-state index in [1.807, 2.05) is 53.9 Å². The number of thioether (sulfide) groups is 1. The van der Waals surface area contributed by atoms with Crippen molar-refractivity contribution in [1.29, 1.82) is 0 Å². The van der Waals surface area contributed by atoms with Gasteiger partial charge in [-0.2, -0.15) is 0 Å². The number of hydrogen-bond acceptors (Lipinski definition) is 6. The molecule has 1 aromatic heterocycles. The maximum Gasteiger partial charge on any atom is 0.236 e. The molecule has 2 N–H and O–H groups in total. The lowest BCUT2D eigenvalue weighted by Gasteiger charge is -2.20. The summed E-state index contributed by atoms with van der Waals surface area (Å²) in [4.78, 5) is 30.4. The number of rotatable bonds is 8. The molecular weight excluding hydrogens is 454 g/mol. The minimum absolute atomic E-state index is 0.101. The Labute approximate surface area is 202 Å². The number of aromatic nitrogens is 1. The minimum atomic E-state index is -0.127. The average Bonchev–Trinajstić information content (AvgIpc) is 3.31. The highest BCUT2D eigenvalue weighted by Gasteiger charge is 2.21. The Bertz CT molecular complexity index is 1110. The normalized spacial score (nSPS) is 14.0. The number of methoxy groups -OCH3 is 1. The number of carbonyl (C=O) groups excluding carboxylic acids is 2. The number of anilines is 2. The first-order chi connectivity index (χ1) is 16.1. The molecule has 0 bridgehead atoms. The topological polar surface area (TPSA) is 80.3 Å². The molecule has 0 spiro atoms. The minimum Gasteiger partial charge on any atom is -0.496 e. The van der Waals surface area contributed by atoms with E-state index in [2.05, 4.69) is 15.6 Å². The monoisotopic (exact) mass is 481 g/mol.